The lowest BCUT2D eigenvalue weighted by Crippen LogP contribution is -2.45. The fourth-order valence-electron chi connectivity index (χ4n) is 5.83. The number of rotatable bonds is 7. The number of nitrogens with one attached hydrogen (secondary N) is 2. The van der Waals surface area contributed by atoms with Gasteiger partial charge in [0.2, 0.25) is 0 Å². The molecule has 2 fully saturated rings. The van der Waals surface area contributed by atoms with Crippen LogP contribution in [0.5, 0.6) is 0 Å². The van der Waals surface area contributed by atoms with E-state index in [2.05, 4.69) is 22.7 Å². The van der Waals surface area contributed by atoms with Gasteiger partial charge in [0.1, 0.15) is 28.5 Å². The molecule has 3 aromatic heterocycles. The van der Waals surface area contributed by atoms with Crippen molar-refractivity contribution in [2.45, 2.75) is 89.5 Å². The number of pyridine rings is 1. The second-order valence-electron chi connectivity index (χ2n) is 12.9. The predicted octanol–water partition coefficient (Wildman–Crippen LogP) is 4.43. The maximum Gasteiger partial charge on any atom is 0.415 e. The van der Waals surface area contributed by atoms with Crippen molar-refractivity contribution in [2.75, 3.05) is 37.6 Å². The second-order valence-corrected chi connectivity index (χ2v) is 12.9. The molecule has 0 aromatic carbocycles. The molecule has 1 aliphatic heterocycles. The fraction of sp³-hybridized carbons (Fsp3) is 0.581. The molecule has 13 nitrogen and oxygen atoms in total. The normalized spacial score (nSPS) is 22.4. The van der Waals surface area contributed by atoms with Crippen LogP contribution in [0, 0.1) is 0 Å². The van der Waals surface area contributed by atoms with Crippen LogP contribution in [0.2, 0.25) is 0 Å². The van der Waals surface area contributed by atoms with E-state index in [-0.39, 0.29) is 46.2 Å². The summed E-state index contributed by atoms with van der Waals surface area (Å²) in [6.07, 6.45) is 7.69. The zero-order valence-corrected chi connectivity index (χ0v) is 26.4. The Bertz CT molecular complexity index is 1570. The third-order valence-corrected chi connectivity index (χ3v) is 8.24. The summed E-state index contributed by atoms with van der Waals surface area (Å²) >= 11 is 0. The molecule has 4 heterocycles. The second kappa shape index (κ2) is 12.6. The van der Waals surface area contributed by atoms with Gasteiger partial charge in [-0.1, -0.05) is 0 Å². The molecule has 5 rings (SSSR count). The van der Waals surface area contributed by atoms with Gasteiger partial charge in [0.25, 0.3) is 11.5 Å². The van der Waals surface area contributed by atoms with Crippen LogP contribution in [0.1, 0.15) is 82.6 Å². The van der Waals surface area contributed by atoms with Gasteiger partial charge < -0.3 is 29.4 Å². The summed E-state index contributed by atoms with van der Waals surface area (Å²) in [6.45, 7) is 8.55. The van der Waals surface area contributed by atoms with Crippen LogP contribution in [0.3, 0.4) is 0 Å². The number of ether oxygens (including phenoxy) is 3. The summed E-state index contributed by atoms with van der Waals surface area (Å²) in [6, 6.07) is 4.92. The number of methoxy groups -OCH3 is 1. The van der Waals surface area contributed by atoms with Crippen molar-refractivity contribution >= 4 is 35.0 Å². The highest BCUT2D eigenvalue weighted by Crippen LogP contribution is 2.31. The van der Waals surface area contributed by atoms with Crippen LogP contribution in [0.4, 0.5) is 22.1 Å². The van der Waals surface area contributed by atoms with Crippen LogP contribution in [-0.2, 0) is 14.2 Å². The summed E-state index contributed by atoms with van der Waals surface area (Å²) in [5.41, 5.74) is -0.504. The first-order chi connectivity index (χ1) is 20.9. The average Bonchev–Trinajstić information content (AvgIpc) is 3.41. The minimum atomic E-state index is -0.734. The van der Waals surface area contributed by atoms with Gasteiger partial charge in [-0.05, 0) is 78.4 Å². The molecule has 44 heavy (non-hydrogen) atoms. The number of carbonyl (C=O) groups excluding carboxylic acids is 2. The maximum atomic E-state index is 13.6. The molecule has 2 N–H and O–H groups in total. The molecule has 1 aliphatic carbocycles. The van der Waals surface area contributed by atoms with Crippen molar-refractivity contribution in [2.24, 2.45) is 0 Å². The Balaban J connectivity index is 1.51. The fourth-order valence-corrected chi connectivity index (χ4v) is 5.83. The van der Waals surface area contributed by atoms with E-state index in [4.69, 9.17) is 19.2 Å². The van der Waals surface area contributed by atoms with Gasteiger partial charge in [-0.25, -0.2) is 9.78 Å². The zero-order chi connectivity index (χ0) is 31.6. The van der Waals surface area contributed by atoms with Gasteiger partial charge in [0, 0.05) is 39.1 Å². The molecule has 238 valence electrons. The Labute approximate surface area is 256 Å². The summed E-state index contributed by atoms with van der Waals surface area (Å²) < 4.78 is 20.0. The van der Waals surface area contributed by atoms with Crippen LogP contribution in [0.15, 0.2) is 35.4 Å². The molecule has 0 spiro atoms. The Morgan fingerprint density at radius 1 is 1.23 bits per heavy atom. The summed E-state index contributed by atoms with van der Waals surface area (Å²) in [5, 5.41) is 10.7. The maximum absolute atomic E-state index is 13.6. The first kappa shape index (κ1) is 31.5. The molecule has 1 saturated heterocycles. The van der Waals surface area contributed by atoms with Crippen molar-refractivity contribution in [3.63, 3.8) is 0 Å². The minimum Gasteiger partial charge on any atom is -0.443 e. The SMILES string of the molecule is CO[C@]1(C)CCC[C@@H](NC(=O)c2cnn3c(N(C)C(=O)OC(C)(C)C)cc(Nc4cccn([C@H]5CCCOC5)c4=O)nc23)C1. The molecule has 2 amide bonds. The Morgan fingerprint density at radius 2 is 2.02 bits per heavy atom. The molecule has 1 saturated carbocycles. The van der Waals surface area contributed by atoms with Crippen LogP contribution >= 0.6 is 0 Å². The monoisotopic (exact) mass is 609 g/mol. The number of aromatic nitrogens is 4. The summed E-state index contributed by atoms with van der Waals surface area (Å²) in [5.74, 6) is 0.226. The molecule has 0 radical (unpaired) electrons. The quantitative estimate of drug-likeness (QED) is 0.398. The molecule has 3 atom stereocenters. The minimum absolute atomic E-state index is 0.0628. The summed E-state index contributed by atoms with van der Waals surface area (Å²) in [4.78, 5) is 46.2. The van der Waals surface area contributed by atoms with Crippen molar-refractivity contribution < 1.29 is 23.8 Å². The van der Waals surface area contributed by atoms with Gasteiger partial charge in [-0.3, -0.25) is 14.5 Å². The van der Waals surface area contributed by atoms with Gasteiger partial charge >= 0.3 is 6.09 Å². The number of fused-ring (bicyclic) bond motifs is 1. The number of hydrogen-bond donors (Lipinski definition) is 2. The van der Waals surface area contributed by atoms with Gasteiger partial charge in [0.05, 0.1) is 24.4 Å². The highest BCUT2D eigenvalue weighted by atomic mass is 16.6. The van der Waals surface area contributed by atoms with Crippen LogP contribution < -0.4 is 21.1 Å². The standard InChI is InChI=1S/C31H43N7O6/c1-30(2,3)44-29(41)36(5)25-16-24(34-23-12-8-14-37(28(23)40)21-11-9-15-43-19-21)35-26-22(18-32-38(25)26)27(39)33-20-10-7-13-31(4,17-20)42-6/h8,12,14,16,18,20-21H,7,9-11,13,15,17,19H2,1-6H3,(H,33,39)(H,34,35)/t20-,21+,31-/m1/s1. The lowest BCUT2D eigenvalue weighted by atomic mass is 9.83. The highest BCUT2D eigenvalue weighted by molar-refractivity contribution is 6.00. The Kier molecular flexibility index (Phi) is 8.98. The van der Waals surface area contributed by atoms with E-state index in [1.54, 1.807) is 63.9 Å². The van der Waals surface area contributed by atoms with Crippen molar-refractivity contribution in [1.29, 1.82) is 0 Å². The smallest absolute Gasteiger partial charge is 0.415 e. The van der Waals surface area contributed by atoms with Gasteiger partial charge in [-0.15, -0.1) is 0 Å². The van der Waals surface area contributed by atoms with E-state index in [1.807, 2.05) is 0 Å². The molecule has 0 bridgehead atoms. The largest absolute Gasteiger partial charge is 0.443 e. The molecule has 13 heteroatoms. The average molecular weight is 610 g/mol. The van der Waals surface area contributed by atoms with Crippen molar-refractivity contribution in [1.82, 2.24) is 24.5 Å². The third kappa shape index (κ3) is 6.88. The van der Waals surface area contributed by atoms with Crippen molar-refractivity contribution in [3.05, 3.63) is 46.5 Å². The van der Waals surface area contributed by atoms with Gasteiger partial charge in [0.15, 0.2) is 5.65 Å². The highest BCUT2D eigenvalue weighted by Gasteiger charge is 2.33. The van der Waals surface area contributed by atoms with Crippen LogP contribution in [0.25, 0.3) is 5.65 Å². The van der Waals surface area contributed by atoms with E-state index in [9.17, 15) is 14.4 Å². The molecular formula is C31H43N7O6. The lowest BCUT2D eigenvalue weighted by Gasteiger charge is -2.37. The first-order valence-corrected chi connectivity index (χ1v) is 15.1. The summed E-state index contributed by atoms with van der Waals surface area (Å²) in [7, 11) is 3.25. The zero-order valence-electron chi connectivity index (χ0n) is 26.4. The molecule has 2 aliphatic rings. The number of amides is 2. The van der Waals surface area contributed by atoms with E-state index >= 15 is 0 Å². The number of hydrogen-bond acceptors (Lipinski definition) is 9. The lowest BCUT2D eigenvalue weighted by molar-refractivity contribution is -0.0314. The molecular weight excluding hydrogens is 566 g/mol. The van der Waals surface area contributed by atoms with E-state index in [0.717, 1.165) is 32.1 Å². The Hall–Kier alpha value is -3.97. The Morgan fingerprint density at radius 3 is 2.73 bits per heavy atom. The molecule has 3 aromatic rings. The topological polar surface area (TPSA) is 141 Å². The van der Waals surface area contributed by atoms with Crippen molar-refractivity contribution in [3.8, 4) is 0 Å². The van der Waals surface area contributed by atoms with E-state index in [1.165, 1.54) is 15.6 Å². The van der Waals surface area contributed by atoms with E-state index < -0.39 is 11.7 Å². The number of anilines is 3. The predicted molar refractivity (Wildman–Crippen MR) is 166 cm³/mol. The number of carbonyl (C=O) groups is 2. The van der Waals surface area contributed by atoms with Crippen LogP contribution in [-0.4, -0.2) is 75.8 Å². The first-order valence-electron chi connectivity index (χ1n) is 15.1. The number of nitrogens with zero attached hydrogens (tertiary/aromatic N) is 5. The molecule has 0 unspecified atom stereocenters. The van der Waals surface area contributed by atoms with Gasteiger partial charge in [-0.2, -0.15) is 9.61 Å². The third-order valence-electron chi connectivity index (χ3n) is 8.24. The van der Waals surface area contributed by atoms with E-state index in [0.29, 0.717) is 31.1 Å².